The molecule has 138 valence electrons. The summed E-state index contributed by atoms with van der Waals surface area (Å²) in [6.07, 6.45) is 0.973. The van der Waals surface area contributed by atoms with Crippen LogP contribution in [0.1, 0.15) is 61.3 Å². The Balaban J connectivity index is 2.31. The number of carbonyl (C=O) groups is 3. The van der Waals surface area contributed by atoms with Crippen molar-refractivity contribution in [3.05, 3.63) is 35.4 Å². The number of alkyl carbamates (subject to hydrolysis) is 1. The average Bonchev–Trinajstić information content (AvgIpc) is 2.50. The number of nitrogens with two attached hydrogens (primary N) is 1. The van der Waals surface area contributed by atoms with Crippen molar-refractivity contribution < 1.29 is 19.1 Å². The summed E-state index contributed by atoms with van der Waals surface area (Å²) < 4.78 is 5.14. The van der Waals surface area contributed by atoms with Crippen molar-refractivity contribution in [1.29, 1.82) is 0 Å². The van der Waals surface area contributed by atoms with Crippen LogP contribution < -0.4 is 16.4 Å². The molecule has 7 nitrogen and oxygen atoms in total. The number of hydrogen-bond acceptors (Lipinski definition) is 4. The van der Waals surface area contributed by atoms with E-state index in [0.29, 0.717) is 30.5 Å². The average molecular weight is 349 g/mol. The molecule has 0 spiro atoms. The Morgan fingerprint density at radius 2 is 1.68 bits per heavy atom. The van der Waals surface area contributed by atoms with Gasteiger partial charge in [-0.05, 0) is 64.8 Å². The Labute approximate surface area is 148 Å². The number of ether oxygens (including phenoxy) is 1. The molecule has 0 radical (unpaired) electrons. The standard InChI is InChI=1S/C18H27N3O4/c1-12(6-5-11-20-17(24)25-18(2,3)4)21-16(23)14-9-7-13(8-10-14)15(19)22/h7-10,12H,5-6,11H2,1-4H3,(H2,19,22)(H,20,24)(H,21,23)/t12-/m0/s1. The van der Waals surface area contributed by atoms with E-state index in [4.69, 9.17) is 10.5 Å². The van der Waals surface area contributed by atoms with Crippen LogP contribution in [0.4, 0.5) is 4.79 Å². The Morgan fingerprint density at radius 3 is 2.20 bits per heavy atom. The lowest BCUT2D eigenvalue weighted by Gasteiger charge is -2.20. The zero-order valence-electron chi connectivity index (χ0n) is 15.2. The Morgan fingerprint density at radius 1 is 1.12 bits per heavy atom. The summed E-state index contributed by atoms with van der Waals surface area (Å²) in [7, 11) is 0. The Bertz CT molecular complexity index is 606. The third kappa shape index (κ3) is 8.19. The zero-order chi connectivity index (χ0) is 19.0. The molecular formula is C18H27N3O4. The minimum absolute atomic E-state index is 0.0521. The molecule has 7 heteroatoms. The highest BCUT2D eigenvalue weighted by Crippen LogP contribution is 2.07. The SMILES string of the molecule is C[C@@H](CCCNC(=O)OC(C)(C)C)NC(=O)c1ccc(C(N)=O)cc1. The molecule has 1 rings (SSSR count). The van der Waals surface area contributed by atoms with Crippen molar-refractivity contribution in [2.45, 2.75) is 52.2 Å². The van der Waals surface area contributed by atoms with Gasteiger partial charge in [0.2, 0.25) is 5.91 Å². The number of rotatable bonds is 7. The van der Waals surface area contributed by atoms with E-state index in [1.165, 1.54) is 12.1 Å². The highest BCUT2D eigenvalue weighted by atomic mass is 16.6. The second-order valence-corrected chi connectivity index (χ2v) is 6.89. The molecule has 1 aromatic rings. The predicted molar refractivity (Wildman–Crippen MR) is 95.4 cm³/mol. The molecule has 3 amide bonds. The summed E-state index contributed by atoms with van der Waals surface area (Å²) in [5.74, 6) is -0.749. The molecule has 0 aliphatic rings. The molecule has 0 fully saturated rings. The van der Waals surface area contributed by atoms with Crippen molar-refractivity contribution in [3.63, 3.8) is 0 Å². The maximum atomic E-state index is 12.1. The van der Waals surface area contributed by atoms with E-state index in [2.05, 4.69) is 10.6 Å². The van der Waals surface area contributed by atoms with Crippen LogP contribution in [0.3, 0.4) is 0 Å². The van der Waals surface area contributed by atoms with Crippen molar-refractivity contribution in [1.82, 2.24) is 10.6 Å². The number of hydrogen-bond donors (Lipinski definition) is 3. The molecule has 0 saturated heterocycles. The van der Waals surface area contributed by atoms with E-state index in [1.807, 2.05) is 6.92 Å². The number of amides is 3. The molecule has 1 atom stereocenters. The normalized spacial score (nSPS) is 12.2. The van der Waals surface area contributed by atoms with Gasteiger partial charge >= 0.3 is 6.09 Å². The quantitative estimate of drug-likeness (QED) is 0.655. The number of nitrogens with one attached hydrogen (secondary N) is 2. The summed E-state index contributed by atoms with van der Waals surface area (Å²) in [6, 6.07) is 6.11. The van der Waals surface area contributed by atoms with E-state index in [1.54, 1.807) is 32.9 Å². The second kappa shape index (κ2) is 9.05. The summed E-state index contributed by atoms with van der Waals surface area (Å²) in [4.78, 5) is 34.6. The van der Waals surface area contributed by atoms with Crippen LogP contribution in [0, 0.1) is 0 Å². The first-order chi connectivity index (χ1) is 11.6. The van der Waals surface area contributed by atoms with Gasteiger partial charge in [0.05, 0.1) is 0 Å². The van der Waals surface area contributed by atoms with Gasteiger partial charge in [0.1, 0.15) is 5.60 Å². The van der Waals surface area contributed by atoms with Gasteiger partial charge in [-0.25, -0.2) is 4.79 Å². The van der Waals surface area contributed by atoms with E-state index < -0.39 is 17.6 Å². The third-order valence-corrected chi connectivity index (χ3v) is 3.29. The summed E-state index contributed by atoms with van der Waals surface area (Å²) in [5.41, 5.74) is 5.47. The molecule has 0 bridgehead atoms. The lowest BCUT2D eigenvalue weighted by Crippen LogP contribution is -2.35. The van der Waals surface area contributed by atoms with Crippen molar-refractivity contribution in [2.24, 2.45) is 5.73 Å². The summed E-state index contributed by atoms with van der Waals surface area (Å²) in [5, 5.41) is 5.55. The van der Waals surface area contributed by atoms with Gasteiger partial charge < -0.3 is 21.1 Å². The summed E-state index contributed by atoms with van der Waals surface area (Å²) in [6.45, 7) is 7.78. The minimum Gasteiger partial charge on any atom is -0.444 e. The highest BCUT2D eigenvalue weighted by Gasteiger charge is 2.15. The van der Waals surface area contributed by atoms with Crippen LogP contribution in [0.15, 0.2) is 24.3 Å². The zero-order valence-corrected chi connectivity index (χ0v) is 15.2. The maximum absolute atomic E-state index is 12.1. The molecule has 0 aliphatic carbocycles. The fraction of sp³-hybridized carbons (Fsp3) is 0.500. The predicted octanol–water partition coefficient (Wildman–Crippen LogP) is 2.21. The van der Waals surface area contributed by atoms with Gasteiger partial charge in [-0.15, -0.1) is 0 Å². The lowest BCUT2D eigenvalue weighted by molar-refractivity contribution is 0.0526. The van der Waals surface area contributed by atoms with Crippen LogP contribution >= 0.6 is 0 Å². The van der Waals surface area contributed by atoms with Crippen molar-refractivity contribution >= 4 is 17.9 Å². The van der Waals surface area contributed by atoms with Gasteiger partial charge in [-0.3, -0.25) is 9.59 Å². The van der Waals surface area contributed by atoms with Crippen LogP contribution in [0.2, 0.25) is 0 Å². The molecule has 0 saturated carbocycles. The van der Waals surface area contributed by atoms with Crippen LogP contribution in [0.5, 0.6) is 0 Å². The van der Waals surface area contributed by atoms with Gasteiger partial charge in [0.15, 0.2) is 0 Å². The van der Waals surface area contributed by atoms with E-state index in [9.17, 15) is 14.4 Å². The van der Waals surface area contributed by atoms with Crippen LogP contribution in [0.25, 0.3) is 0 Å². The number of carbonyl (C=O) groups excluding carboxylic acids is 3. The van der Waals surface area contributed by atoms with Gasteiger partial charge in [0, 0.05) is 23.7 Å². The van der Waals surface area contributed by atoms with E-state index in [-0.39, 0.29) is 11.9 Å². The molecule has 0 aromatic heterocycles. The molecule has 0 unspecified atom stereocenters. The van der Waals surface area contributed by atoms with Crippen molar-refractivity contribution in [2.75, 3.05) is 6.54 Å². The second-order valence-electron chi connectivity index (χ2n) is 6.89. The first-order valence-electron chi connectivity index (χ1n) is 8.26. The molecule has 25 heavy (non-hydrogen) atoms. The summed E-state index contributed by atoms with van der Waals surface area (Å²) >= 11 is 0. The van der Waals surface area contributed by atoms with E-state index >= 15 is 0 Å². The minimum atomic E-state index is -0.530. The monoisotopic (exact) mass is 349 g/mol. The molecule has 0 aliphatic heterocycles. The molecule has 0 heterocycles. The van der Waals surface area contributed by atoms with E-state index in [0.717, 1.165) is 0 Å². The maximum Gasteiger partial charge on any atom is 0.407 e. The smallest absolute Gasteiger partial charge is 0.407 e. The number of primary amides is 1. The lowest BCUT2D eigenvalue weighted by atomic mass is 10.1. The first kappa shape index (κ1) is 20.5. The third-order valence-electron chi connectivity index (χ3n) is 3.29. The Hall–Kier alpha value is -2.57. The van der Waals surface area contributed by atoms with Gasteiger partial charge in [-0.2, -0.15) is 0 Å². The highest BCUT2D eigenvalue weighted by molar-refractivity contribution is 5.97. The molecule has 4 N–H and O–H groups in total. The van der Waals surface area contributed by atoms with Gasteiger partial charge in [-0.1, -0.05) is 0 Å². The molecule has 1 aromatic carbocycles. The first-order valence-corrected chi connectivity index (χ1v) is 8.26. The largest absolute Gasteiger partial charge is 0.444 e. The molecular weight excluding hydrogens is 322 g/mol. The Kier molecular flexibility index (Phi) is 7.42. The van der Waals surface area contributed by atoms with Crippen LogP contribution in [-0.4, -0.2) is 36.1 Å². The fourth-order valence-electron chi connectivity index (χ4n) is 2.08. The van der Waals surface area contributed by atoms with Crippen LogP contribution in [-0.2, 0) is 4.74 Å². The van der Waals surface area contributed by atoms with Crippen molar-refractivity contribution in [3.8, 4) is 0 Å². The van der Waals surface area contributed by atoms with Gasteiger partial charge in [0.25, 0.3) is 5.91 Å². The topological polar surface area (TPSA) is 111 Å². The number of benzene rings is 1. The fourth-order valence-corrected chi connectivity index (χ4v) is 2.08.